The summed E-state index contributed by atoms with van der Waals surface area (Å²) in [5.41, 5.74) is -0.520. The van der Waals surface area contributed by atoms with E-state index in [-0.39, 0.29) is 35.5 Å². The number of aromatic nitrogens is 1. The maximum Gasteiger partial charge on any atom is 0.289 e. The minimum absolute atomic E-state index is 0.0149. The zero-order valence-corrected chi connectivity index (χ0v) is 30.2. The van der Waals surface area contributed by atoms with Gasteiger partial charge in [0.2, 0.25) is 23.5 Å². The summed E-state index contributed by atoms with van der Waals surface area (Å²) >= 11 is 0. The van der Waals surface area contributed by atoms with Crippen LogP contribution in [0.1, 0.15) is 128 Å². The zero-order chi connectivity index (χ0) is 36.0. The van der Waals surface area contributed by atoms with Crippen LogP contribution in [0.15, 0.2) is 24.4 Å². The van der Waals surface area contributed by atoms with Crippen molar-refractivity contribution in [3.8, 4) is 0 Å². The highest BCUT2D eigenvalue weighted by molar-refractivity contribution is 6.38. The maximum atomic E-state index is 14.8. The van der Waals surface area contributed by atoms with Crippen molar-refractivity contribution in [1.29, 1.82) is 0 Å². The molecule has 0 aromatic carbocycles. The van der Waals surface area contributed by atoms with Gasteiger partial charge in [0, 0.05) is 18.3 Å². The Hall–Kier alpha value is -3.83. The molecule has 50 heavy (non-hydrogen) atoms. The van der Waals surface area contributed by atoms with Crippen molar-refractivity contribution in [1.82, 2.24) is 31.2 Å². The lowest BCUT2D eigenvalue weighted by Crippen LogP contribution is -2.63. The third-order valence-corrected chi connectivity index (χ3v) is 11.0. The molecule has 3 saturated carbocycles. The van der Waals surface area contributed by atoms with Crippen molar-refractivity contribution in [2.45, 2.75) is 154 Å². The van der Waals surface area contributed by atoms with Crippen LogP contribution in [-0.2, 0) is 24.0 Å². The van der Waals surface area contributed by atoms with E-state index in [9.17, 15) is 28.8 Å². The third-order valence-electron chi connectivity index (χ3n) is 11.0. The summed E-state index contributed by atoms with van der Waals surface area (Å²) in [6.45, 7) is 7.54. The lowest BCUT2D eigenvalue weighted by molar-refractivity contribution is -0.147. The topological polar surface area (TPSA) is 167 Å². The normalized spacial score (nSPS) is 24.2. The molecule has 4 fully saturated rings. The van der Waals surface area contributed by atoms with Crippen LogP contribution in [0.3, 0.4) is 0 Å². The number of nitrogens with one attached hydrogen (secondary N) is 4. The van der Waals surface area contributed by atoms with Crippen LogP contribution in [-0.4, -0.2) is 81.5 Å². The van der Waals surface area contributed by atoms with E-state index in [1.807, 2.05) is 27.7 Å². The van der Waals surface area contributed by atoms with Crippen LogP contribution < -0.4 is 21.3 Å². The smallest absolute Gasteiger partial charge is 0.289 e. The fraction of sp³-hybridized carbons (Fsp3) is 0.711. The van der Waals surface area contributed by atoms with E-state index in [2.05, 4.69) is 26.3 Å². The second-order valence-corrected chi connectivity index (χ2v) is 15.9. The molecule has 0 bridgehead atoms. The van der Waals surface area contributed by atoms with Crippen molar-refractivity contribution in [2.75, 3.05) is 0 Å². The molecule has 6 atom stereocenters. The van der Waals surface area contributed by atoms with Gasteiger partial charge in [-0.1, -0.05) is 72.3 Å². The first-order valence-electron chi connectivity index (χ1n) is 18.9. The van der Waals surface area contributed by atoms with Gasteiger partial charge in [-0.25, -0.2) is 0 Å². The van der Waals surface area contributed by atoms with Crippen molar-refractivity contribution < 1.29 is 28.8 Å². The molecule has 3 aliphatic carbocycles. The Morgan fingerprint density at radius 2 is 1.58 bits per heavy atom. The van der Waals surface area contributed by atoms with Gasteiger partial charge >= 0.3 is 0 Å². The molecule has 4 aliphatic rings. The number of carbonyl (C=O) groups is 6. The molecule has 4 N–H and O–H groups in total. The molecule has 0 radical (unpaired) electrons. The van der Waals surface area contributed by atoms with Gasteiger partial charge in [0.15, 0.2) is 0 Å². The van der Waals surface area contributed by atoms with Gasteiger partial charge in [-0.05, 0) is 80.8 Å². The van der Waals surface area contributed by atoms with Crippen molar-refractivity contribution in [3.63, 3.8) is 0 Å². The molecule has 5 amide bonds. The largest absolute Gasteiger partial charge is 0.347 e. The molecule has 3 unspecified atom stereocenters. The first-order valence-corrected chi connectivity index (χ1v) is 18.9. The number of ketones is 1. The fourth-order valence-corrected chi connectivity index (χ4v) is 8.09. The Morgan fingerprint density at radius 1 is 0.880 bits per heavy atom. The van der Waals surface area contributed by atoms with Crippen LogP contribution in [0, 0.1) is 17.3 Å². The lowest BCUT2D eigenvalue weighted by Gasteiger charge is -2.40. The molecule has 12 heteroatoms. The molecular formula is C38H56N6O6. The molecular weight excluding hydrogens is 636 g/mol. The Balaban J connectivity index is 1.38. The van der Waals surface area contributed by atoms with E-state index < -0.39 is 59.0 Å². The van der Waals surface area contributed by atoms with Gasteiger partial charge in [-0.3, -0.25) is 33.8 Å². The average molecular weight is 693 g/mol. The zero-order valence-electron chi connectivity index (χ0n) is 30.2. The number of carbonyl (C=O) groups excluding carboxylic acids is 6. The number of fused-ring (bicyclic) bond motifs is 1. The van der Waals surface area contributed by atoms with Gasteiger partial charge in [0.05, 0.1) is 6.04 Å². The first-order chi connectivity index (χ1) is 23.9. The summed E-state index contributed by atoms with van der Waals surface area (Å²) in [4.78, 5) is 88.1. The third kappa shape index (κ3) is 9.09. The number of amides is 5. The quantitative estimate of drug-likeness (QED) is 0.229. The van der Waals surface area contributed by atoms with Gasteiger partial charge in [0.25, 0.3) is 11.8 Å². The lowest BCUT2D eigenvalue weighted by atomic mass is 9.81. The van der Waals surface area contributed by atoms with E-state index in [0.717, 1.165) is 70.6 Å². The summed E-state index contributed by atoms with van der Waals surface area (Å²) in [7, 11) is 0. The summed E-state index contributed by atoms with van der Waals surface area (Å²) in [5.74, 6) is -2.98. The van der Waals surface area contributed by atoms with Crippen molar-refractivity contribution >= 4 is 35.3 Å². The Kier molecular flexibility index (Phi) is 12.3. The Bertz CT molecular complexity index is 1400. The fourth-order valence-electron chi connectivity index (χ4n) is 8.09. The molecule has 12 nitrogen and oxygen atoms in total. The predicted molar refractivity (Wildman–Crippen MR) is 187 cm³/mol. The van der Waals surface area contributed by atoms with Gasteiger partial charge in [0.1, 0.15) is 23.8 Å². The maximum absolute atomic E-state index is 14.8. The van der Waals surface area contributed by atoms with E-state index in [1.165, 1.54) is 6.20 Å². The molecule has 1 aromatic heterocycles. The number of likely N-dealkylation sites (tertiary alicyclic amines) is 1. The Labute approximate surface area is 296 Å². The minimum Gasteiger partial charge on any atom is -0.347 e. The van der Waals surface area contributed by atoms with Gasteiger partial charge < -0.3 is 26.2 Å². The SMILES string of the molecule is CCC[C@H](NC(=O)[C@@H]1CC2CCCCC2N1C(=O)[C@@H](NC(=O)C(NC(=O)c1ccccn1)C1CCCCC1)C(C)(C)C)C(=O)C(=O)NC1CC1. The Morgan fingerprint density at radius 3 is 2.22 bits per heavy atom. The molecule has 0 spiro atoms. The van der Waals surface area contributed by atoms with Crippen molar-refractivity contribution in [3.05, 3.63) is 30.1 Å². The first kappa shape index (κ1) is 37.4. The van der Waals surface area contributed by atoms with Crippen LogP contribution >= 0.6 is 0 Å². The molecule has 274 valence electrons. The monoisotopic (exact) mass is 692 g/mol. The summed E-state index contributed by atoms with van der Waals surface area (Å²) in [6.07, 6.45) is 12.7. The number of hydrogen-bond acceptors (Lipinski definition) is 7. The van der Waals surface area contributed by atoms with Crippen LogP contribution in [0.2, 0.25) is 0 Å². The standard InChI is InChI=1S/C38H56N6O6/c1-5-13-26(31(45)36(49)40-25-19-20-25)41-34(47)29-22-24-16-9-10-18-28(24)44(29)37(50)32(38(2,3)4)43-35(48)30(23-14-7-6-8-15-23)42-33(46)27-17-11-12-21-39-27/h11-12,17,21,23-26,28-30,32H,5-10,13-16,18-20,22H2,1-4H3,(H,40,49)(H,41,47)(H,42,46)(H,43,48)/t24?,26-,28?,29-,30?,32+/m0/s1. The number of pyridine rings is 1. The van der Waals surface area contributed by atoms with Crippen LogP contribution in [0.4, 0.5) is 0 Å². The minimum atomic E-state index is -0.985. The summed E-state index contributed by atoms with van der Waals surface area (Å²) in [6, 6.07) is 1.22. The summed E-state index contributed by atoms with van der Waals surface area (Å²) < 4.78 is 0. The summed E-state index contributed by atoms with van der Waals surface area (Å²) in [5, 5.41) is 11.6. The molecule has 5 rings (SSSR count). The van der Waals surface area contributed by atoms with E-state index in [0.29, 0.717) is 19.3 Å². The molecule has 1 aromatic rings. The van der Waals surface area contributed by atoms with E-state index in [4.69, 9.17) is 0 Å². The highest BCUT2D eigenvalue weighted by Gasteiger charge is 2.51. The number of hydrogen-bond donors (Lipinski definition) is 4. The predicted octanol–water partition coefficient (Wildman–Crippen LogP) is 3.58. The number of nitrogens with zero attached hydrogens (tertiary/aromatic N) is 2. The number of Topliss-reactive ketones (excluding diaryl/α,β-unsaturated/α-hetero) is 1. The highest BCUT2D eigenvalue weighted by atomic mass is 16.2. The molecule has 2 heterocycles. The van der Waals surface area contributed by atoms with Crippen molar-refractivity contribution in [2.24, 2.45) is 17.3 Å². The second-order valence-electron chi connectivity index (χ2n) is 15.9. The second kappa shape index (κ2) is 16.5. The van der Waals surface area contributed by atoms with Crippen LogP contribution in [0.25, 0.3) is 0 Å². The average Bonchev–Trinajstić information content (AvgIpc) is 3.84. The van der Waals surface area contributed by atoms with Crippen LogP contribution in [0.5, 0.6) is 0 Å². The van der Waals surface area contributed by atoms with Gasteiger partial charge in [-0.2, -0.15) is 0 Å². The van der Waals surface area contributed by atoms with Gasteiger partial charge in [-0.15, -0.1) is 0 Å². The number of rotatable bonds is 13. The van der Waals surface area contributed by atoms with E-state index >= 15 is 0 Å². The molecule has 1 aliphatic heterocycles. The van der Waals surface area contributed by atoms with E-state index in [1.54, 1.807) is 23.1 Å². The molecule has 1 saturated heterocycles. The highest BCUT2D eigenvalue weighted by Crippen LogP contribution is 2.41.